The number of aromatic nitrogens is 2. The Morgan fingerprint density at radius 3 is 2.41 bits per heavy atom. The number of fused-ring (bicyclic) bond motifs is 1. The minimum atomic E-state index is -0.761. The van der Waals surface area contributed by atoms with Crippen LogP contribution < -0.4 is 27.5 Å². The van der Waals surface area contributed by atoms with Gasteiger partial charge in [-0.05, 0) is 30.7 Å². The number of nitrogens with zero attached hydrogens (tertiary/aromatic N) is 2. The first kappa shape index (κ1) is 22.5. The van der Waals surface area contributed by atoms with Crippen molar-refractivity contribution in [2.75, 3.05) is 5.32 Å². The molecule has 0 fully saturated rings. The van der Waals surface area contributed by atoms with Crippen LogP contribution in [0.3, 0.4) is 0 Å². The zero-order valence-corrected chi connectivity index (χ0v) is 17.6. The van der Waals surface area contributed by atoms with Gasteiger partial charge in [-0.2, -0.15) is 5.10 Å². The van der Waals surface area contributed by atoms with Crippen LogP contribution in [-0.4, -0.2) is 27.6 Å². The van der Waals surface area contributed by atoms with Crippen molar-refractivity contribution in [1.29, 1.82) is 0 Å². The fourth-order valence-corrected chi connectivity index (χ4v) is 3.19. The van der Waals surface area contributed by atoms with Gasteiger partial charge in [0.25, 0.3) is 17.4 Å². The summed E-state index contributed by atoms with van der Waals surface area (Å²) in [5.41, 5.74) is 10.0. The van der Waals surface area contributed by atoms with E-state index in [1.54, 1.807) is 36.4 Å². The molecule has 1 aromatic heterocycles. The number of anilines is 1. The Labute approximate surface area is 183 Å². The number of benzene rings is 2. The number of aryl methyl sites for hydroxylation is 1. The summed E-state index contributed by atoms with van der Waals surface area (Å²) in [5, 5.41) is 7.39. The van der Waals surface area contributed by atoms with Crippen LogP contribution >= 0.6 is 0 Å². The lowest BCUT2D eigenvalue weighted by Gasteiger charge is -2.12. The number of carbonyl (C=O) groups excluding carboxylic acids is 3. The maximum Gasteiger partial charge on any atom is 0.316 e. The zero-order valence-electron chi connectivity index (χ0n) is 17.6. The highest BCUT2D eigenvalue weighted by molar-refractivity contribution is 6.06. The monoisotopic (exact) mass is 436 g/mol. The largest absolute Gasteiger partial charge is 0.351 e. The Bertz CT molecular complexity index is 1220. The van der Waals surface area contributed by atoms with Crippen LogP contribution in [0.4, 0.5) is 10.5 Å². The number of urea groups is 1. The first-order valence-electron chi connectivity index (χ1n) is 10.2. The molecule has 0 saturated carbocycles. The molecular formula is C22H24N6O4. The minimum Gasteiger partial charge on any atom is -0.351 e. The maximum absolute atomic E-state index is 12.8. The van der Waals surface area contributed by atoms with Gasteiger partial charge >= 0.3 is 6.03 Å². The van der Waals surface area contributed by atoms with Gasteiger partial charge in [-0.25, -0.2) is 9.48 Å². The van der Waals surface area contributed by atoms with Crippen molar-refractivity contribution >= 4 is 34.3 Å². The van der Waals surface area contributed by atoms with Gasteiger partial charge in [0.1, 0.15) is 0 Å². The van der Waals surface area contributed by atoms with Crippen molar-refractivity contribution < 1.29 is 14.4 Å². The molecule has 10 heteroatoms. The molecule has 4 amide bonds. The molecular weight excluding hydrogens is 412 g/mol. The van der Waals surface area contributed by atoms with Gasteiger partial charge < -0.3 is 11.1 Å². The van der Waals surface area contributed by atoms with Crippen LogP contribution in [0.5, 0.6) is 0 Å². The van der Waals surface area contributed by atoms with E-state index < -0.39 is 17.8 Å². The van der Waals surface area contributed by atoms with Crippen molar-refractivity contribution in [3.05, 3.63) is 70.1 Å². The molecule has 32 heavy (non-hydrogen) atoms. The number of hydrazine groups is 1. The van der Waals surface area contributed by atoms with E-state index in [1.165, 1.54) is 16.8 Å². The summed E-state index contributed by atoms with van der Waals surface area (Å²) in [6.45, 7) is 2.45. The summed E-state index contributed by atoms with van der Waals surface area (Å²) in [4.78, 5) is 49.0. The second-order valence-electron chi connectivity index (χ2n) is 7.11. The van der Waals surface area contributed by atoms with E-state index in [0.29, 0.717) is 23.0 Å². The van der Waals surface area contributed by atoms with E-state index >= 15 is 0 Å². The summed E-state index contributed by atoms with van der Waals surface area (Å²) in [6.07, 6.45) is 2.68. The van der Waals surface area contributed by atoms with Crippen LogP contribution in [0.2, 0.25) is 0 Å². The van der Waals surface area contributed by atoms with Crippen molar-refractivity contribution in [1.82, 2.24) is 20.6 Å². The molecule has 0 spiro atoms. The van der Waals surface area contributed by atoms with Gasteiger partial charge in [0, 0.05) is 23.2 Å². The molecule has 0 aliphatic rings. The first-order valence-corrected chi connectivity index (χ1v) is 10.2. The van der Waals surface area contributed by atoms with Gasteiger partial charge in [-0.1, -0.05) is 44.0 Å². The van der Waals surface area contributed by atoms with Crippen molar-refractivity contribution in [3.63, 3.8) is 0 Å². The number of amides is 4. The Balaban J connectivity index is 1.81. The molecule has 166 valence electrons. The molecule has 0 aliphatic carbocycles. The van der Waals surface area contributed by atoms with E-state index in [1.807, 2.05) is 0 Å². The standard InChI is InChI=1S/C22H24N6O4/c1-2-3-6-12-28-21(31)17-11-5-4-10-16(17)18(27-28)20(30)26-25-19(29)14-8-7-9-15(13-14)24-22(23)32/h4-5,7-11,13H,2-3,6,12H2,1H3,(H,25,29)(H,26,30)(H3,23,24,32). The molecule has 0 bridgehead atoms. The zero-order chi connectivity index (χ0) is 23.1. The van der Waals surface area contributed by atoms with Crippen LogP contribution in [0.1, 0.15) is 47.0 Å². The van der Waals surface area contributed by atoms with Gasteiger partial charge in [0.15, 0.2) is 5.69 Å². The molecule has 10 nitrogen and oxygen atoms in total. The van der Waals surface area contributed by atoms with Gasteiger partial charge in [-0.3, -0.25) is 25.2 Å². The van der Waals surface area contributed by atoms with Crippen molar-refractivity contribution in [2.45, 2.75) is 32.7 Å². The van der Waals surface area contributed by atoms with E-state index in [4.69, 9.17) is 5.73 Å². The van der Waals surface area contributed by atoms with Crippen LogP contribution in [0.25, 0.3) is 10.8 Å². The predicted molar refractivity (Wildman–Crippen MR) is 120 cm³/mol. The Hall–Kier alpha value is -4.21. The van der Waals surface area contributed by atoms with E-state index in [9.17, 15) is 19.2 Å². The van der Waals surface area contributed by atoms with Crippen LogP contribution in [0.15, 0.2) is 53.3 Å². The third-order valence-corrected chi connectivity index (χ3v) is 4.74. The SMILES string of the molecule is CCCCCn1nc(C(=O)NNC(=O)c2cccc(NC(N)=O)c2)c2ccccc2c1=O. The Morgan fingerprint density at radius 2 is 1.69 bits per heavy atom. The molecule has 2 aromatic carbocycles. The lowest BCUT2D eigenvalue weighted by atomic mass is 10.1. The predicted octanol–water partition coefficient (Wildman–Crippen LogP) is 2.15. The summed E-state index contributed by atoms with van der Waals surface area (Å²) >= 11 is 0. The lowest BCUT2D eigenvalue weighted by Crippen LogP contribution is -2.42. The van der Waals surface area contributed by atoms with Gasteiger partial charge in [0.2, 0.25) is 0 Å². The number of carbonyl (C=O) groups is 3. The number of hydrogen-bond acceptors (Lipinski definition) is 5. The number of primary amides is 1. The molecule has 5 N–H and O–H groups in total. The Morgan fingerprint density at radius 1 is 0.969 bits per heavy atom. The summed E-state index contributed by atoms with van der Waals surface area (Å²) in [7, 11) is 0. The number of nitrogens with one attached hydrogen (secondary N) is 3. The van der Waals surface area contributed by atoms with Crippen molar-refractivity contribution in [3.8, 4) is 0 Å². The highest BCUT2D eigenvalue weighted by atomic mass is 16.2. The topological polar surface area (TPSA) is 148 Å². The summed E-state index contributed by atoms with van der Waals surface area (Å²) in [5.74, 6) is -1.27. The molecule has 0 unspecified atom stereocenters. The molecule has 1 heterocycles. The molecule has 3 rings (SSSR count). The highest BCUT2D eigenvalue weighted by Crippen LogP contribution is 2.14. The third kappa shape index (κ3) is 5.28. The van der Waals surface area contributed by atoms with E-state index in [2.05, 4.69) is 28.2 Å². The molecule has 0 saturated heterocycles. The van der Waals surface area contributed by atoms with E-state index in [0.717, 1.165) is 19.3 Å². The fraction of sp³-hybridized carbons (Fsp3) is 0.227. The highest BCUT2D eigenvalue weighted by Gasteiger charge is 2.17. The second-order valence-corrected chi connectivity index (χ2v) is 7.11. The molecule has 0 atom stereocenters. The van der Waals surface area contributed by atoms with Gasteiger partial charge in [-0.15, -0.1) is 0 Å². The fourth-order valence-electron chi connectivity index (χ4n) is 3.19. The van der Waals surface area contributed by atoms with E-state index in [-0.39, 0.29) is 16.8 Å². The molecule has 0 radical (unpaired) electrons. The third-order valence-electron chi connectivity index (χ3n) is 4.74. The molecule has 3 aromatic rings. The average molecular weight is 436 g/mol. The van der Waals surface area contributed by atoms with Crippen LogP contribution in [0, 0.1) is 0 Å². The minimum absolute atomic E-state index is 0.0288. The summed E-state index contributed by atoms with van der Waals surface area (Å²) < 4.78 is 1.29. The van der Waals surface area contributed by atoms with Crippen molar-refractivity contribution in [2.24, 2.45) is 5.73 Å². The quantitative estimate of drug-likeness (QED) is 0.331. The maximum atomic E-state index is 12.8. The normalized spacial score (nSPS) is 10.5. The average Bonchev–Trinajstić information content (AvgIpc) is 2.78. The number of rotatable bonds is 7. The Kier molecular flexibility index (Phi) is 7.17. The van der Waals surface area contributed by atoms with Crippen LogP contribution in [-0.2, 0) is 6.54 Å². The van der Waals surface area contributed by atoms with Gasteiger partial charge in [0.05, 0.1) is 5.39 Å². The number of unbranched alkanes of at least 4 members (excludes halogenated alkanes) is 2. The lowest BCUT2D eigenvalue weighted by molar-refractivity contribution is 0.0843. The smallest absolute Gasteiger partial charge is 0.316 e. The summed E-state index contributed by atoms with van der Waals surface area (Å²) in [6, 6.07) is 12.0. The number of hydrogen-bond donors (Lipinski definition) is 4. The number of nitrogens with two attached hydrogens (primary N) is 1. The second kappa shape index (κ2) is 10.2. The first-order chi connectivity index (χ1) is 15.4. The molecule has 0 aliphatic heterocycles.